The van der Waals surface area contributed by atoms with Gasteiger partial charge in [-0.05, 0) is 25.0 Å². The van der Waals surface area contributed by atoms with Gasteiger partial charge < -0.3 is 10.4 Å². The molecule has 0 fully saturated rings. The second-order valence-electron chi connectivity index (χ2n) is 3.32. The van der Waals surface area contributed by atoms with Gasteiger partial charge in [0.1, 0.15) is 5.82 Å². The number of pyridine rings is 1. The van der Waals surface area contributed by atoms with Crippen LogP contribution in [0.5, 0.6) is 0 Å². The average Bonchev–Trinajstić information content (AvgIpc) is 2.29. The van der Waals surface area contributed by atoms with E-state index in [1.54, 1.807) is 18.3 Å². The Labute approximate surface area is 89.6 Å². The monoisotopic (exact) mass is 205 g/mol. The predicted octanol–water partition coefficient (Wildman–Crippen LogP) is 1.53. The summed E-state index contributed by atoms with van der Waals surface area (Å²) in [5, 5.41) is 21.1. The van der Waals surface area contributed by atoms with Gasteiger partial charge in [0, 0.05) is 12.7 Å². The standard InChI is InChI=1S/C11H15N3O/c1-2-10(15)4-6-14-11-7-9(8-12)3-5-13-11/h3,5,7,10,15H,2,4,6H2,1H3,(H,13,14). The highest BCUT2D eigenvalue weighted by Crippen LogP contribution is 2.06. The molecule has 1 aromatic rings. The first kappa shape index (κ1) is 11.5. The highest BCUT2D eigenvalue weighted by atomic mass is 16.3. The van der Waals surface area contributed by atoms with E-state index >= 15 is 0 Å². The Morgan fingerprint density at radius 2 is 2.47 bits per heavy atom. The first-order chi connectivity index (χ1) is 7.26. The number of aliphatic hydroxyl groups is 1. The summed E-state index contributed by atoms with van der Waals surface area (Å²) >= 11 is 0. The SMILES string of the molecule is CCC(O)CCNc1cc(C#N)ccn1. The van der Waals surface area contributed by atoms with Crippen molar-refractivity contribution in [2.45, 2.75) is 25.9 Å². The molecule has 0 radical (unpaired) electrons. The number of rotatable bonds is 5. The van der Waals surface area contributed by atoms with Crippen molar-refractivity contribution < 1.29 is 5.11 Å². The summed E-state index contributed by atoms with van der Waals surface area (Å²) in [7, 11) is 0. The normalized spacial score (nSPS) is 11.8. The highest BCUT2D eigenvalue weighted by molar-refractivity contribution is 5.42. The highest BCUT2D eigenvalue weighted by Gasteiger charge is 2.00. The van der Waals surface area contributed by atoms with Crippen molar-refractivity contribution in [3.63, 3.8) is 0 Å². The molecule has 0 amide bonds. The van der Waals surface area contributed by atoms with Gasteiger partial charge in [-0.15, -0.1) is 0 Å². The maximum Gasteiger partial charge on any atom is 0.127 e. The number of nitrogens with zero attached hydrogens (tertiary/aromatic N) is 2. The fourth-order valence-corrected chi connectivity index (χ4v) is 1.17. The number of nitriles is 1. The van der Waals surface area contributed by atoms with E-state index in [1.165, 1.54) is 0 Å². The number of aliphatic hydroxyl groups excluding tert-OH is 1. The van der Waals surface area contributed by atoms with Gasteiger partial charge in [-0.25, -0.2) is 4.98 Å². The summed E-state index contributed by atoms with van der Waals surface area (Å²) in [5.41, 5.74) is 0.587. The zero-order valence-electron chi connectivity index (χ0n) is 8.77. The minimum atomic E-state index is -0.267. The van der Waals surface area contributed by atoms with E-state index in [0.29, 0.717) is 24.3 Å². The summed E-state index contributed by atoms with van der Waals surface area (Å²) in [6.45, 7) is 2.61. The van der Waals surface area contributed by atoms with Crippen molar-refractivity contribution in [1.29, 1.82) is 5.26 Å². The van der Waals surface area contributed by atoms with Crippen LogP contribution in [0.15, 0.2) is 18.3 Å². The molecule has 0 aliphatic rings. The number of anilines is 1. The van der Waals surface area contributed by atoms with Gasteiger partial charge in [-0.1, -0.05) is 6.92 Å². The molecule has 1 rings (SSSR count). The Balaban J connectivity index is 2.41. The maximum atomic E-state index is 9.32. The van der Waals surface area contributed by atoms with Crippen LogP contribution in [0.25, 0.3) is 0 Å². The third-order valence-corrected chi connectivity index (χ3v) is 2.14. The molecular weight excluding hydrogens is 190 g/mol. The summed E-state index contributed by atoms with van der Waals surface area (Å²) in [6.07, 6.45) is 2.77. The van der Waals surface area contributed by atoms with Gasteiger partial charge in [0.25, 0.3) is 0 Å². The molecule has 15 heavy (non-hydrogen) atoms. The van der Waals surface area contributed by atoms with Crippen LogP contribution in [0.4, 0.5) is 5.82 Å². The van der Waals surface area contributed by atoms with E-state index in [0.717, 1.165) is 6.42 Å². The van der Waals surface area contributed by atoms with Gasteiger partial charge in [0.05, 0.1) is 17.7 Å². The Bertz CT molecular complexity index is 346. The molecule has 1 heterocycles. The van der Waals surface area contributed by atoms with Crippen LogP contribution in [-0.4, -0.2) is 22.7 Å². The van der Waals surface area contributed by atoms with Crippen molar-refractivity contribution in [1.82, 2.24) is 4.98 Å². The lowest BCUT2D eigenvalue weighted by Gasteiger charge is -2.08. The molecule has 0 bridgehead atoms. The van der Waals surface area contributed by atoms with E-state index in [1.807, 2.05) is 13.0 Å². The second kappa shape index (κ2) is 5.99. The second-order valence-corrected chi connectivity index (χ2v) is 3.32. The Morgan fingerprint density at radius 1 is 1.67 bits per heavy atom. The molecule has 4 nitrogen and oxygen atoms in total. The zero-order valence-corrected chi connectivity index (χ0v) is 8.77. The van der Waals surface area contributed by atoms with Crippen LogP contribution in [-0.2, 0) is 0 Å². The fourth-order valence-electron chi connectivity index (χ4n) is 1.17. The van der Waals surface area contributed by atoms with E-state index < -0.39 is 0 Å². The van der Waals surface area contributed by atoms with Crippen LogP contribution in [0.1, 0.15) is 25.3 Å². The molecule has 0 aliphatic carbocycles. The summed E-state index contributed by atoms with van der Waals surface area (Å²) in [5.74, 6) is 0.678. The molecule has 1 unspecified atom stereocenters. The van der Waals surface area contributed by atoms with Crippen molar-refractivity contribution in [2.24, 2.45) is 0 Å². The average molecular weight is 205 g/mol. The minimum absolute atomic E-state index is 0.267. The van der Waals surface area contributed by atoms with Gasteiger partial charge in [-0.2, -0.15) is 5.26 Å². The van der Waals surface area contributed by atoms with Crippen molar-refractivity contribution >= 4 is 5.82 Å². The summed E-state index contributed by atoms with van der Waals surface area (Å²) < 4.78 is 0. The molecule has 0 saturated heterocycles. The Kier molecular flexibility index (Phi) is 4.58. The van der Waals surface area contributed by atoms with Crippen LogP contribution in [0.2, 0.25) is 0 Å². The van der Waals surface area contributed by atoms with Gasteiger partial charge in [0.15, 0.2) is 0 Å². The largest absolute Gasteiger partial charge is 0.393 e. The van der Waals surface area contributed by atoms with Gasteiger partial charge in [-0.3, -0.25) is 0 Å². The van der Waals surface area contributed by atoms with Crippen molar-refractivity contribution in [2.75, 3.05) is 11.9 Å². The molecule has 1 atom stereocenters. The van der Waals surface area contributed by atoms with Crippen LogP contribution in [0.3, 0.4) is 0 Å². The Hall–Kier alpha value is -1.60. The third-order valence-electron chi connectivity index (χ3n) is 2.14. The summed E-state index contributed by atoms with van der Waals surface area (Å²) in [4.78, 5) is 4.07. The smallest absolute Gasteiger partial charge is 0.127 e. The van der Waals surface area contributed by atoms with Crippen LogP contribution >= 0.6 is 0 Å². The summed E-state index contributed by atoms with van der Waals surface area (Å²) in [6, 6.07) is 5.40. The van der Waals surface area contributed by atoms with Crippen LogP contribution < -0.4 is 5.32 Å². The number of nitrogens with one attached hydrogen (secondary N) is 1. The molecule has 2 N–H and O–H groups in total. The maximum absolute atomic E-state index is 9.32. The van der Waals surface area contributed by atoms with E-state index in [2.05, 4.69) is 10.3 Å². The molecule has 0 aliphatic heterocycles. The lowest BCUT2D eigenvalue weighted by Crippen LogP contribution is -2.12. The lowest BCUT2D eigenvalue weighted by atomic mass is 10.2. The number of hydrogen-bond donors (Lipinski definition) is 2. The Morgan fingerprint density at radius 3 is 3.13 bits per heavy atom. The number of aromatic nitrogens is 1. The molecule has 0 spiro atoms. The predicted molar refractivity (Wildman–Crippen MR) is 58.4 cm³/mol. The molecule has 4 heteroatoms. The quantitative estimate of drug-likeness (QED) is 0.764. The van der Waals surface area contributed by atoms with Crippen LogP contribution in [0, 0.1) is 11.3 Å². The molecule has 0 aromatic carbocycles. The van der Waals surface area contributed by atoms with E-state index in [9.17, 15) is 5.11 Å². The zero-order chi connectivity index (χ0) is 11.1. The molecule has 80 valence electrons. The van der Waals surface area contributed by atoms with Crippen molar-refractivity contribution in [3.05, 3.63) is 23.9 Å². The molecule has 0 saturated carbocycles. The van der Waals surface area contributed by atoms with E-state index in [-0.39, 0.29) is 6.10 Å². The van der Waals surface area contributed by atoms with Crippen molar-refractivity contribution in [3.8, 4) is 6.07 Å². The third kappa shape index (κ3) is 3.96. The van der Waals surface area contributed by atoms with E-state index in [4.69, 9.17) is 5.26 Å². The topological polar surface area (TPSA) is 68.9 Å². The fraction of sp³-hybridized carbons (Fsp3) is 0.455. The first-order valence-electron chi connectivity index (χ1n) is 5.04. The molecule has 1 aromatic heterocycles. The van der Waals surface area contributed by atoms with Gasteiger partial charge in [0.2, 0.25) is 0 Å². The van der Waals surface area contributed by atoms with Gasteiger partial charge >= 0.3 is 0 Å². The molecular formula is C11H15N3O. The first-order valence-corrected chi connectivity index (χ1v) is 5.04. The minimum Gasteiger partial charge on any atom is -0.393 e. The number of hydrogen-bond acceptors (Lipinski definition) is 4. The lowest BCUT2D eigenvalue weighted by molar-refractivity contribution is 0.164.